The zero-order valence-electron chi connectivity index (χ0n) is 10.8. The smallest absolute Gasteiger partial charge is 0.179 e. The molecule has 0 aliphatic carbocycles. The third-order valence-corrected chi connectivity index (χ3v) is 3.71. The van der Waals surface area contributed by atoms with Gasteiger partial charge < -0.3 is 0 Å². The lowest BCUT2D eigenvalue weighted by atomic mass is 10.0. The number of Topliss-reactive ketones (excluding diaryl/α,β-unsaturated/α-hetero) is 1. The second kappa shape index (κ2) is 5.46. The summed E-state index contributed by atoms with van der Waals surface area (Å²) < 4.78 is 0. The van der Waals surface area contributed by atoms with Gasteiger partial charge in [0.15, 0.2) is 5.78 Å². The molecular weight excluding hydrogens is 210 g/mol. The molecule has 92 valence electrons. The van der Waals surface area contributed by atoms with Crippen LogP contribution in [0.3, 0.4) is 0 Å². The highest BCUT2D eigenvalue weighted by molar-refractivity contribution is 5.99. The number of benzene rings is 1. The van der Waals surface area contributed by atoms with Crippen LogP contribution < -0.4 is 0 Å². The molecule has 0 bridgehead atoms. The highest BCUT2D eigenvalue weighted by Crippen LogP contribution is 2.16. The van der Waals surface area contributed by atoms with Gasteiger partial charge in [-0.25, -0.2) is 0 Å². The SMILES string of the molecule is CCc1ccc(C(=O)C(C)N2CCCC2)cc1. The number of ketones is 1. The number of carbonyl (C=O) groups is 1. The van der Waals surface area contributed by atoms with Crippen molar-refractivity contribution in [2.24, 2.45) is 0 Å². The zero-order valence-corrected chi connectivity index (χ0v) is 10.8. The molecule has 0 saturated carbocycles. The van der Waals surface area contributed by atoms with E-state index < -0.39 is 0 Å². The van der Waals surface area contributed by atoms with Gasteiger partial charge in [-0.05, 0) is 44.8 Å². The number of rotatable bonds is 4. The maximum Gasteiger partial charge on any atom is 0.179 e. The molecule has 0 radical (unpaired) electrons. The number of carbonyl (C=O) groups excluding carboxylic acids is 1. The van der Waals surface area contributed by atoms with Gasteiger partial charge in [-0.2, -0.15) is 0 Å². The molecule has 1 heterocycles. The minimum Gasteiger partial charge on any atom is -0.294 e. The highest BCUT2D eigenvalue weighted by atomic mass is 16.1. The van der Waals surface area contributed by atoms with Gasteiger partial charge in [0, 0.05) is 5.56 Å². The lowest BCUT2D eigenvalue weighted by Gasteiger charge is -2.22. The molecule has 1 aliphatic heterocycles. The molecule has 1 atom stereocenters. The summed E-state index contributed by atoms with van der Waals surface area (Å²) in [7, 11) is 0. The Morgan fingerprint density at radius 3 is 2.35 bits per heavy atom. The monoisotopic (exact) mass is 231 g/mol. The minimum absolute atomic E-state index is 0.0324. The Hall–Kier alpha value is -1.15. The summed E-state index contributed by atoms with van der Waals surface area (Å²) in [6.45, 7) is 6.30. The Balaban J connectivity index is 2.07. The third kappa shape index (κ3) is 2.75. The molecule has 1 fully saturated rings. The van der Waals surface area contributed by atoms with Crippen LogP contribution in [0.15, 0.2) is 24.3 Å². The molecule has 2 heteroatoms. The molecule has 1 aliphatic rings. The standard InChI is InChI=1S/C15H21NO/c1-3-13-6-8-14(9-7-13)15(17)12(2)16-10-4-5-11-16/h6-9,12H,3-5,10-11H2,1-2H3. The summed E-state index contributed by atoms with van der Waals surface area (Å²) in [5.74, 6) is 0.259. The minimum atomic E-state index is 0.0324. The van der Waals surface area contributed by atoms with Crippen molar-refractivity contribution in [1.82, 2.24) is 4.90 Å². The van der Waals surface area contributed by atoms with Crippen molar-refractivity contribution in [2.45, 2.75) is 39.2 Å². The highest BCUT2D eigenvalue weighted by Gasteiger charge is 2.24. The number of hydrogen-bond acceptors (Lipinski definition) is 2. The Bertz CT molecular complexity index is 376. The Morgan fingerprint density at radius 2 is 1.82 bits per heavy atom. The fourth-order valence-electron chi connectivity index (χ4n) is 2.44. The van der Waals surface area contributed by atoms with Crippen LogP contribution in [0.4, 0.5) is 0 Å². The second-order valence-electron chi connectivity index (χ2n) is 4.83. The number of hydrogen-bond donors (Lipinski definition) is 0. The summed E-state index contributed by atoms with van der Waals surface area (Å²) in [5, 5.41) is 0. The van der Waals surface area contributed by atoms with Gasteiger partial charge in [-0.15, -0.1) is 0 Å². The van der Waals surface area contributed by atoms with Crippen molar-refractivity contribution >= 4 is 5.78 Å². The largest absolute Gasteiger partial charge is 0.294 e. The van der Waals surface area contributed by atoms with Crippen LogP contribution in [0.25, 0.3) is 0 Å². The molecule has 2 rings (SSSR count). The topological polar surface area (TPSA) is 20.3 Å². The predicted molar refractivity (Wildman–Crippen MR) is 70.4 cm³/mol. The summed E-state index contributed by atoms with van der Waals surface area (Å²) >= 11 is 0. The van der Waals surface area contributed by atoms with E-state index in [9.17, 15) is 4.79 Å². The second-order valence-corrected chi connectivity index (χ2v) is 4.83. The molecule has 0 aromatic heterocycles. The normalized spacial score (nSPS) is 18.2. The molecule has 1 aromatic rings. The Morgan fingerprint density at radius 1 is 1.24 bits per heavy atom. The number of nitrogens with zero attached hydrogens (tertiary/aromatic N) is 1. The molecule has 1 aromatic carbocycles. The summed E-state index contributed by atoms with van der Waals surface area (Å²) in [4.78, 5) is 14.6. The first-order valence-corrected chi connectivity index (χ1v) is 6.59. The van der Waals surface area contributed by atoms with Crippen molar-refractivity contribution in [2.75, 3.05) is 13.1 Å². The predicted octanol–water partition coefficient (Wildman–Crippen LogP) is 2.92. The fourth-order valence-corrected chi connectivity index (χ4v) is 2.44. The van der Waals surface area contributed by atoms with Gasteiger partial charge in [0.2, 0.25) is 0 Å². The fraction of sp³-hybridized carbons (Fsp3) is 0.533. The van der Waals surface area contributed by atoms with Gasteiger partial charge in [0.25, 0.3) is 0 Å². The van der Waals surface area contributed by atoms with Gasteiger partial charge in [0.05, 0.1) is 6.04 Å². The molecule has 17 heavy (non-hydrogen) atoms. The van der Waals surface area contributed by atoms with E-state index in [-0.39, 0.29) is 11.8 Å². The average molecular weight is 231 g/mol. The lowest BCUT2D eigenvalue weighted by molar-refractivity contribution is 0.0867. The van der Waals surface area contributed by atoms with Gasteiger partial charge >= 0.3 is 0 Å². The van der Waals surface area contributed by atoms with E-state index in [0.29, 0.717) is 0 Å². The zero-order chi connectivity index (χ0) is 12.3. The summed E-state index contributed by atoms with van der Waals surface area (Å²) in [5.41, 5.74) is 2.14. The van der Waals surface area contributed by atoms with Crippen LogP contribution in [0.2, 0.25) is 0 Å². The van der Waals surface area contributed by atoms with Crippen molar-refractivity contribution in [3.63, 3.8) is 0 Å². The van der Waals surface area contributed by atoms with Crippen molar-refractivity contribution in [1.29, 1.82) is 0 Å². The van der Waals surface area contributed by atoms with Crippen molar-refractivity contribution in [3.8, 4) is 0 Å². The number of aryl methyl sites for hydroxylation is 1. The van der Waals surface area contributed by atoms with Crippen LogP contribution in [0, 0.1) is 0 Å². The molecule has 1 unspecified atom stereocenters. The molecule has 0 amide bonds. The molecule has 2 nitrogen and oxygen atoms in total. The van der Waals surface area contributed by atoms with E-state index >= 15 is 0 Å². The summed E-state index contributed by atoms with van der Waals surface area (Å²) in [6, 6.07) is 8.08. The van der Waals surface area contributed by atoms with Crippen LogP contribution in [0.1, 0.15) is 42.6 Å². The van der Waals surface area contributed by atoms with Gasteiger partial charge in [0.1, 0.15) is 0 Å². The quantitative estimate of drug-likeness (QED) is 0.743. The summed E-state index contributed by atoms with van der Waals surface area (Å²) in [6.07, 6.45) is 3.48. The van der Waals surface area contributed by atoms with Crippen molar-refractivity contribution < 1.29 is 4.79 Å². The molecule has 0 spiro atoms. The van der Waals surface area contributed by atoms with E-state index in [1.165, 1.54) is 18.4 Å². The van der Waals surface area contributed by atoms with Crippen LogP contribution >= 0.6 is 0 Å². The molecular formula is C15H21NO. The third-order valence-electron chi connectivity index (χ3n) is 3.71. The number of likely N-dealkylation sites (tertiary alicyclic amines) is 1. The lowest BCUT2D eigenvalue weighted by Crippen LogP contribution is -2.36. The first kappa shape index (κ1) is 12.3. The van der Waals surface area contributed by atoms with E-state index in [1.54, 1.807) is 0 Å². The average Bonchev–Trinajstić information content (AvgIpc) is 2.91. The maximum absolute atomic E-state index is 12.3. The first-order valence-electron chi connectivity index (χ1n) is 6.59. The maximum atomic E-state index is 12.3. The van der Waals surface area contributed by atoms with Gasteiger partial charge in [-0.1, -0.05) is 31.2 Å². The van der Waals surface area contributed by atoms with Gasteiger partial charge in [-0.3, -0.25) is 9.69 Å². The van der Waals surface area contributed by atoms with E-state index in [1.807, 2.05) is 19.1 Å². The molecule has 0 N–H and O–H groups in total. The van der Waals surface area contributed by atoms with E-state index in [2.05, 4.69) is 24.0 Å². The van der Waals surface area contributed by atoms with Crippen molar-refractivity contribution in [3.05, 3.63) is 35.4 Å². The van der Waals surface area contributed by atoms with Crippen LogP contribution in [-0.4, -0.2) is 29.8 Å². The molecule has 1 saturated heterocycles. The van der Waals surface area contributed by atoms with E-state index in [4.69, 9.17) is 0 Å². The van der Waals surface area contributed by atoms with Crippen LogP contribution in [-0.2, 0) is 6.42 Å². The van der Waals surface area contributed by atoms with Crippen LogP contribution in [0.5, 0.6) is 0 Å². The Labute approximate surface area is 104 Å². The Kier molecular flexibility index (Phi) is 3.95. The van der Waals surface area contributed by atoms with E-state index in [0.717, 1.165) is 25.1 Å². The first-order chi connectivity index (χ1) is 8.22.